The summed E-state index contributed by atoms with van der Waals surface area (Å²) in [4.78, 5) is 49.4. The molecule has 4 aromatic carbocycles. The van der Waals surface area contributed by atoms with E-state index in [0.717, 1.165) is 82.8 Å². The zero-order valence-corrected chi connectivity index (χ0v) is 44.9. The maximum atomic E-state index is 12.8. The molecule has 2 aliphatic rings. The molecule has 2 fully saturated rings. The number of allylic oxidation sites excluding steroid dienone is 2. The summed E-state index contributed by atoms with van der Waals surface area (Å²) < 4.78 is 29.2. The van der Waals surface area contributed by atoms with Crippen LogP contribution in [0.5, 0.6) is 23.0 Å². The highest BCUT2D eigenvalue weighted by molar-refractivity contribution is 6.07. The number of ether oxygens (including phenoxy) is 5. The van der Waals surface area contributed by atoms with Crippen LogP contribution in [0.1, 0.15) is 180 Å². The van der Waals surface area contributed by atoms with Gasteiger partial charge in [-0.2, -0.15) is 0 Å². The van der Waals surface area contributed by atoms with Crippen molar-refractivity contribution < 1.29 is 48.0 Å². The molecule has 4 aromatic rings. The standard InChI is InChI=1S/C33H44O5.C29H36O5/c1-23-21-26(22-24(2)30(23)37-33(6,7)31(35)38-32(3,4)5)13-18-29(34)27-14-16-28(17-15-27)36-20-19-25-11-9-8-10-12-25;1-20-18-23(19-21(2)27(20)34-29(3,4)28(31)32)10-15-26(30)24-11-13-25(14-12-24)33-17-16-22-8-6-5-7-9-22/h13-18,21-22,25H,8-12,19-20H2,1-7H3;10-15,18-19,22H,5-9,16-17H2,1-4H3,(H,31,32)/b18-13+;15-10+. The lowest BCUT2D eigenvalue weighted by molar-refractivity contribution is -0.171. The second-order valence-corrected chi connectivity index (χ2v) is 21.7. The van der Waals surface area contributed by atoms with Gasteiger partial charge in [0.25, 0.3) is 0 Å². The zero-order valence-electron chi connectivity index (χ0n) is 44.9. The minimum atomic E-state index is -1.32. The van der Waals surface area contributed by atoms with E-state index in [1.165, 1.54) is 78.1 Å². The first-order valence-electron chi connectivity index (χ1n) is 26.0. The highest BCUT2D eigenvalue weighted by Crippen LogP contribution is 2.33. The highest BCUT2D eigenvalue weighted by Gasteiger charge is 2.36. The van der Waals surface area contributed by atoms with Gasteiger partial charge in [-0.15, -0.1) is 0 Å². The van der Waals surface area contributed by atoms with Gasteiger partial charge in [0, 0.05) is 11.1 Å². The molecule has 0 unspecified atom stereocenters. The fourth-order valence-corrected chi connectivity index (χ4v) is 9.08. The lowest BCUT2D eigenvalue weighted by atomic mass is 9.87. The SMILES string of the molecule is Cc1cc(/C=C/C(=O)c2ccc(OCCC3CCCCC3)cc2)cc(C)c1OC(C)(C)C(=O)O.Cc1cc(/C=C/C(=O)c2ccc(OCCC3CCCCC3)cc2)cc(C)c1OC(C)(C)C(=O)OC(C)(C)C. The molecule has 2 aliphatic carbocycles. The third-order valence-electron chi connectivity index (χ3n) is 13.3. The topological polar surface area (TPSA) is 135 Å². The van der Waals surface area contributed by atoms with E-state index in [1.54, 1.807) is 50.3 Å². The second kappa shape index (κ2) is 26.0. The van der Waals surface area contributed by atoms with Crippen molar-refractivity contribution in [3.05, 3.63) is 129 Å². The van der Waals surface area contributed by atoms with Gasteiger partial charge < -0.3 is 28.8 Å². The lowest BCUT2D eigenvalue weighted by Gasteiger charge is -2.30. The van der Waals surface area contributed by atoms with E-state index in [2.05, 4.69) is 0 Å². The summed E-state index contributed by atoms with van der Waals surface area (Å²) in [7, 11) is 0. The van der Waals surface area contributed by atoms with Crippen molar-refractivity contribution in [2.45, 2.75) is 170 Å². The summed E-state index contributed by atoms with van der Waals surface area (Å²) in [5.74, 6) is 2.77. The third-order valence-corrected chi connectivity index (χ3v) is 13.3. The van der Waals surface area contributed by atoms with Gasteiger partial charge in [0.1, 0.15) is 28.6 Å². The Morgan fingerprint density at radius 2 is 0.875 bits per heavy atom. The summed E-state index contributed by atoms with van der Waals surface area (Å²) in [6.07, 6.45) is 22.3. The molecular weight excluding hydrogens is 905 g/mol. The average molecular weight is 985 g/mol. The molecule has 72 heavy (non-hydrogen) atoms. The number of carbonyl (C=O) groups excluding carboxylic acids is 3. The van der Waals surface area contributed by atoms with Crippen LogP contribution in [-0.4, -0.2) is 58.6 Å². The van der Waals surface area contributed by atoms with Gasteiger partial charge in [-0.05, 0) is 219 Å². The number of hydrogen-bond donors (Lipinski definition) is 1. The van der Waals surface area contributed by atoms with E-state index in [-0.39, 0.29) is 11.6 Å². The van der Waals surface area contributed by atoms with E-state index in [9.17, 15) is 24.3 Å². The maximum absolute atomic E-state index is 12.8. The Morgan fingerprint density at radius 3 is 1.21 bits per heavy atom. The first-order valence-corrected chi connectivity index (χ1v) is 26.0. The normalized spacial score (nSPS) is 14.9. The van der Waals surface area contributed by atoms with E-state index in [1.807, 2.05) is 109 Å². The van der Waals surface area contributed by atoms with Gasteiger partial charge in [-0.25, -0.2) is 9.59 Å². The molecule has 10 heteroatoms. The molecular formula is C62H80O10. The van der Waals surface area contributed by atoms with Crippen LogP contribution >= 0.6 is 0 Å². The molecule has 0 radical (unpaired) electrons. The van der Waals surface area contributed by atoms with Gasteiger partial charge in [0.2, 0.25) is 0 Å². The van der Waals surface area contributed by atoms with Crippen molar-refractivity contribution >= 4 is 35.7 Å². The van der Waals surface area contributed by atoms with Crippen LogP contribution in [0.25, 0.3) is 12.2 Å². The minimum Gasteiger partial charge on any atom is -0.494 e. The molecule has 6 rings (SSSR count). The maximum Gasteiger partial charge on any atom is 0.350 e. The summed E-state index contributed by atoms with van der Waals surface area (Å²) in [6, 6.07) is 22.3. The van der Waals surface area contributed by atoms with Gasteiger partial charge in [0.15, 0.2) is 22.8 Å². The molecule has 0 aromatic heterocycles. The van der Waals surface area contributed by atoms with Crippen LogP contribution in [0, 0.1) is 39.5 Å². The molecule has 0 amide bonds. The number of hydrogen-bond acceptors (Lipinski definition) is 9. The molecule has 10 nitrogen and oxygen atoms in total. The van der Waals surface area contributed by atoms with Crippen LogP contribution in [-0.2, 0) is 14.3 Å². The molecule has 2 saturated carbocycles. The minimum absolute atomic E-state index is 0.0690. The van der Waals surface area contributed by atoms with Crippen LogP contribution in [0.2, 0.25) is 0 Å². The molecule has 0 atom stereocenters. The largest absolute Gasteiger partial charge is 0.494 e. The third kappa shape index (κ3) is 17.9. The molecule has 1 N–H and O–H groups in total. The van der Waals surface area contributed by atoms with Crippen molar-refractivity contribution in [2.75, 3.05) is 13.2 Å². The van der Waals surface area contributed by atoms with E-state index in [0.29, 0.717) is 22.6 Å². The van der Waals surface area contributed by atoms with Crippen LogP contribution in [0.15, 0.2) is 84.9 Å². The van der Waals surface area contributed by atoms with E-state index in [4.69, 9.17) is 23.7 Å². The number of carboxylic acid groups (broad SMARTS) is 1. The number of benzene rings is 4. The number of aliphatic carboxylic acids is 1. The highest BCUT2D eigenvalue weighted by atomic mass is 16.6. The zero-order chi connectivity index (χ0) is 52.6. The molecule has 0 spiro atoms. The monoisotopic (exact) mass is 985 g/mol. The molecule has 0 bridgehead atoms. The van der Waals surface area contributed by atoms with Crippen molar-refractivity contribution in [2.24, 2.45) is 11.8 Å². The number of rotatable bonds is 20. The Hall–Kier alpha value is -6.16. The Balaban J connectivity index is 0.000000269. The predicted molar refractivity (Wildman–Crippen MR) is 288 cm³/mol. The quantitative estimate of drug-likeness (QED) is 0.0518. The van der Waals surface area contributed by atoms with Crippen molar-refractivity contribution in [1.82, 2.24) is 0 Å². The Labute approximate surface area is 429 Å². The number of esters is 1. The number of aryl methyl sites for hydroxylation is 4. The van der Waals surface area contributed by atoms with Gasteiger partial charge >= 0.3 is 11.9 Å². The fraction of sp³-hybridized carbons (Fsp3) is 0.484. The average Bonchev–Trinajstić information content (AvgIpc) is 3.33. The first kappa shape index (κ1) is 56.8. The van der Waals surface area contributed by atoms with Crippen LogP contribution < -0.4 is 18.9 Å². The van der Waals surface area contributed by atoms with E-state index >= 15 is 0 Å². The number of carbonyl (C=O) groups is 4. The van der Waals surface area contributed by atoms with Crippen LogP contribution in [0.3, 0.4) is 0 Å². The lowest BCUT2D eigenvalue weighted by Crippen LogP contribution is -2.43. The van der Waals surface area contributed by atoms with Gasteiger partial charge in [0.05, 0.1) is 13.2 Å². The molecule has 388 valence electrons. The summed E-state index contributed by atoms with van der Waals surface area (Å²) in [5.41, 5.74) is 3.30. The second-order valence-electron chi connectivity index (χ2n) is 21.7. The molecule has 0 saturated heterocycles. The Kier molecular flexibility index (Phi) is 20.5. The van der Waals surface area contributed by atoms with Gasteiger partial charge in [-0.1, -0.05) is 76.4 Å². The summed E-state index contributed by atoms with van der Waals surface area (Å²) in [5, 5.41) is 9.32. The Bertz CT molecular complexity index is 2460. The smallest absolute Gasteiger partial charge is 0.350 e. The predicted octanol–water partition coefficient (Wildman–Crippen LogP) is 14.8. The fourth-order valence-electron chi connectivity index (χ4n) is 9.08. The molecule has 0 aliphatic heterocycles. The first-order chi connectivity index (χ1) is 34.0. The number of carboxylic acids is 1. The van der Waals surface area contributed by atoms with Crippen molar-refractivity contribution in [3.63, 3.8) is 0 Å². The van der Waals surface area contributed by atoms with Crippen LogP contribution in [0.4, 0.5) is 0 Å². The summed E-state index contributed by atoms with van der Waals surface area (Å²) in [6.45, 7) is 21.0. The van der Waals surface area contributed by atoms with Crippen molar-refractivity contribution in [1.29, 1.82) is 0 Å². The number of ketones is 2. The van der Waals surface area contributed by atoms with E-state index < -0.39 is 28.7 Å². The molecule has 0 heterocycles. The van der Waals surface area contributed by atoms with Crippen molar-refractivity contribution in [3.8, 4) is 23.0 Å². The Morgan fingerprint density at radius 1 is 0.528 bits per heavy atom. The summed E-state index contributed by atoms with van der Waals surface area (Å²) >= 11 is 0. The van der Waals surface area contributed by atoms with Gasteiger partial charge in [-0.3, -0.25) is 9.59 Å².